The molecule has 4 rings (SSSR count). The molecule has 0 saturated carbocycles. The van der Waals surface area contributed by atoms with E-state index in [2.05, 4.69) is 9.97 Å². The molecule has 1 amide bonds. The first kappa shape index (κ1) is 16.4. The fourth-order valence-electron chi connectivity index (χ4n) is 3.44. The number of likely N-dealkylation sites (tertiary alicyclic amines) is 1. The van der Waals surface area contributed by atoms with E-state index in [0.29, 0.717) is 19.0 Å². The van der Waals surface area contributed by atoms with Gasteiger partial charge in [0.2, 0.25) is 0 Å². The van der Waals surface area contributed by atoms with Crippen LogP contribution in [-0.2, 0) is 6.42 Å². The van der Waals surface area contributed by atoms with E-state index in [1.807, 2.05) is 24.3 Å². The molecule has 3 heterocycles. The van der Waals surface area contributed by atoms with Gasteiger partial charge in [0.15, 0.2) is 5.76 Å². The van der Waals surface area contributed by atoms with Gasteiger partial charge in [0.05, 0.1) is 17.1 Å². The van der Waals surface area contributed by atoms with Gasteiger partial charge in [-0.2, -0.15) is 0 Å². The van der Waals surface area contributed by atoms with E-state index in [1.165, 1.54) is 6.07 Å². The number of imidazole rings is 1. The van der Waals surface area contributed by atoms with E-state index < -0.39 is 5.63 Å². The first-order valence-electron chi connectivity index (χ1n) is 8.65. The summed E-state index contributed by atoms with van der Waals surface area (Å²) in [4.78, 5) is 33.4. The summed E-state index contributed by atoms with van der Waals surface area (Å²) >= 11 is 0. The number of rotatable bonds is 3. The Morgan fingerprint density at radius 1 is 1.27 bits per heavy atom. The van der Waals surface area contributed by atoms with Crippen LogP contribution >= 0.6 is 0 Å². The maximum atomic E-state index is 12.5. The van der Waals surface area contributed by atoms with Crippen molar-refractivity contribution in [3.05, 3.63) is 58.4 Å². The van der Waals surface area contributed by atoms with E-state index in [-0.39, 0.29) is 17.4 Å². The lowest BCUT2D eigenvalue weighted by Crippen LogP contribution is -2.39. The summed E-state index contributed by atoms with van der Waals surface area (Å²) in [6.45, 7) is 1.17. The van der Waals surface area contributed by atoms with Crippen LogP contribution in [-0.4, -0.2) is 39.0 Å². The highest BCUT2D eigenvalue weighted by Crippen LogP contribution is 2.23. The number of amides is 1. The van der Waals surface area contributed by atoms with Crippen LogP contribution in [0.15, 0.2) is 45.6 Å². The molecule has 26 heavy (non-hydrogen) atoms. The first-order valence-corrected chi connectivity index (χ1v) is 8.65. The molecular formula is C19H19N3O4. The number of carbonyl (C=O) groups excluding carboxylic acids is 1. The number of aromatic amines is 1. The molecule has 7 nitrogen and oxygen atoms in total. The van der Waals surface area contributed by atoms with Crippen molar-refractivity contribution in [2.24, 2.45) is 5.92 Å². The van der Waals surface area contributed by atoms with Crippen molar-refractivity contribution < 1.29 is 14.3 Å². The minimum atomic E-state index is -0.729. The second-order valence-corrected chi connectivity index (χ2v) is 6.64. The molecule has 7 heteroatoms. The van der Waals surface area contributed by atoms with Crippen molar-refractivity contribution in [2.75, 3.05) is 13.1 Å². The van der Waals surface area contributed by atoms with Crippen molar-refractivity contribution in [3.8, 4) is 5.75 Å². The van der Waals surface area contributed by atoms with Crippen LogP contribution in [0, 0.1) is 5.92 Å². The summed E-state index contributed by atoms with van der Waals surface area (Å²) in [7, 11) is 0. The van der Waals surface area contributed by atoms with E-state index >= 15 is 0 Å². The Bertz CT molecular complexity index is 966. The molecule has 1 fully saturated rings. The van der Waals surface area contributed by atoms with Crippen molar-refractivity contribution in [1.29, 1.82) is 0 Å². The molecule has 0 spiro atoms. The minimum absolute atomic E-state index is 0.120. The predicted molar refractivity (Wildman–Crippen MR) is 95.1 cm³/mol. The number of aromatic hydroxyl groups is 1. The van der Waals surface area contributed by atoms with Crippen LogP contribution < -0.4 is 5.63 Å². The number of hydrogen-bond acceptors (Lipinski definition) is 5. The summed E-state index contributed by atoms with van der Waals surface area (Å²) in [6, 6.07) is 10.1. The highest BCUT2D eigenvalue weighted by molar-refractivity contribution is 5.91. The van der Waals surface area contributed by atoms with Crippen molar-refractivity contribution >= 4 is 16.9 Å². The van der Waals surface area contributed by atoms with Crippen LogP contribution in [0.1, 0.15) is 29.2 Å². The average molecular weight is 353 g/mol. The van der Waals surface area contributed by atoms with Gasteiger partial charge in [0.25, 0.3) is 5.91 Å². The summed E-state index contributed by atoms with van der Waals surface area (Å²) in [5, 5.41) is 9.47. The molecule has 1 aliphatic rings. The average Bonchev–Trinajstić information content (AvgIpc) is 3.03. The number of aromatic nitrogens is 2. The maximum Gasteiger partial charge on any atom is 0.340 e. The number of piperidine rings is 1. The number of nitrogens with one attached hydrogen (secondary N) is 1. The minimum Gasteiger partial charge on any atom is -0.508 e. The standard InChI is InChI=1S/C19H19N3O4/c23-13-10-16(26-18(24)11-13)19(25)22-7-5-12(6-8-22)9-17-20-14-3-1-2-4-15(14)21-17/h1-4,10-12,23H,5-9H2,(H,20,21). The van der Waals surface area contributed by atoms with Crippen LogP contribution in [0.2, 0.25) is 0 Å². The third kappa shape index (κ3) is 3.33. The molecule has 0 aliphatic carbocycles. The lowest BCUT2D eigenvalue weighted by molar-refractivity contribution is 0.0652. The second kappa shape index (κ2) is 6.67. The summed E-state index contributed by atoms with van der Waals surface area (Å²) in [5.41, 5.74) is 1.27. The number of H-pyrrole nitrogens is 1. The quantitative estimate of drug-likeness (QED) is 0.753. The third-order valence-electron chi connectivity index (χ3n) is 4.79. The van der Waals surface area contributed by atoms with E-state index in [4.69, 9.17) is 4.42 Å². The Kier molecular flexibility index (Phi) is 4.20. The topological polar surface area (TPSA) is 99.4 Å². The Morgan fingerprint density at radius 3 is 2.77 bits per heavy atom. The first-order chi connectivity index (χ1) is 12.6. The zero-order valence-electron chi connectivity index (χ0n) is 14.1. The predicted octanol–water partition coefficient (Wildman–Crippen LogP) is 2.32. The van der Waals surface area contributed by atoms with Gasteiger partial charge >= 0.3 is 5.63 Å². The molecule has 1 aliphatic heterocycles. The molecule has 2 aromatic heterocycles. The molecule has 0 bridgehead atoms. The van der Waals surface area contributed by atoms with Gasteiger partial charge in [0, 0.05) is 25.6 Å². The molecule has 134 valence electrons. The smallest absolute Gasteiger partial charge is 0.340 e. The molecule has 3 aromatic rings. The van der Waals surface area contributed by atoms with Crippen LogP contribution in [0.5, 0.6) is 5.75 Å². The zero-order valence-corrected chi connectivity index (χ0v) is 14.1. The van der Waals surface area contributed by atoms with Crippen LogP contribution in [0.25, 0.3) is 11.0 Å². The molecule has 0 unspecified atom stereocenters. The molecule has 0 radical (unpaired) electrons. The molecule has 1 saturated heterocycles. The third-order valence-corrected chi connectivity index (χ3v) is 4.79. The Morgan fingerprint density at radius 2 is 2.04 bits per heavy atom. The Labute approximate surface area is 149 Å². The number of carbonyl (C=O) groups is 1. The summed E-state index contributed by atoms with van der Waals surface area (Å²) in [6.07, 6.45) is 2.55. The van der Waals surface area contributed by atoms with Gasteiger partial charge in [-0.15, -0.1) is 0 Å². The zero-order chi connectivity index (χ0) is 18.1. The largest absolute Gasteiger partial charge is 0.508 e. The monoisotopic (exact) mass is 353 g/mol. The lowest BCUT2D eigenvalue weighted by atomic mass is 9.93. The van der Waals surface area contributed by atoms with Crippen molar-refractivity contribution in [3.63, 3.8) is 0 Å². The molecule has 2 N–H and O–H groups in total. The summed E-state index contributed by atoms with van der Waals surface area (Å²) in [5.74, 6) is 0.668. The Hall–Kier alpha value is -3.09. The van der Waals surface area contributed by atoms with Gasteiger partial charge in [0.1, 0.15) is 11.6 Å². The van der Waals surface area contributed by atoms with Gasteiger partial charge in [-0.05, 0) is 30.9 Å². The van der Waals surface area contributed by atoms with Crippen LogP contribution in [0.3, 0.4) is 0 Å². The lowest BCUT2D eigenvalue weighted by Gasteiger charge is -2.31. The SMILES string of the molecule is O=C(c1cc(O)cc(=O)o1)N1CCC(Cc2nc3ccccc3[nH]2)CC1. The molecule has 0 atom stereocenters. The second-order valence-electron chi connectivity index (χ2n) is 6.64. The van der Waals surface area contributed by atoms with Gasteiger partial charge in [-0.1, -0.05) is 12.1 Å². The maximum absolute atomic E-state index is 12.5. The number of hydrogen-bond donors (Lipinski definition) is 2. The number of para-hydroxylation sites is 2. The normalized spacial score (nSPS) is 15.5. The Balaban J connectivity index is 1.39. The van der Waals surface area contributed by atoms with Gasteiger partial charge in [-0.25, -0.2) is 9.78 Å². The molecular weight excluding hydrogens is 334 g/mol. The number of fused-ring (bicyclic) bond motifs is 1. The fraction of sp³-hybridized carbons (Fsp3) is 0.316. The van der Waals surface area contributed by atoms with E-state index in [9.17, 15) is 14.7 Å². The van der Waals surface area contributed by atoms with Crippen molar-refractivity contribution in [1.82, 2.24) is 14.9 Å². The highest BCUT2D eigenvalue weighted by atomic mass is 16.4. The van der Waals surface area contributed by atoms with E-state index in [1.54, 1.807) is 4.90 Å². The summed E-state index contributed by atoms with van der Waals surface area (Å²) < 4.78 is 4.91. The highest BCUT2D eigenvalue weighted by Gasteiger charge is 2.26. The fourth-order valence-corrected chi connectivity index (χ4v) is 3.44. The van der Waals surface area contributed by atoms with Crippen LogP contribution in [0.4, 0.5) is 0 Å². The molecule has 1 aromatic carbocycles. The van der Waals surface area contributed by atoms with Gasteiger partial charge < -0.3 is 19.4 Å². The number of nitrogens with zero attached hydrogens (tertiary/aromatic N) is 2. The number of benzene rings is 1. The van der Waals surface area contributed by atoms with Gasteiger partial charge in [-0.3, -0.25) is 4.79 Å². The van der Waals surface area contributed by atoms with E-state index in [0.717, 1.165) is 42.2 Å². The van der Waals surface area contributed by atoms with Crippen molar-refractivity contribution in [2.45, 2.75) is 19.3 Å².